The van der Waals surface area contributed by atoms with Crippen LogP contribution in [0.15, 0.2) is 35.1 Å². The van der Waals surface area contributed by atoms with Gasteiger partial charge in [0.2, 0.25) is 5.91 Å². The predicted molar refractivity (Wildman–Crippen MR) is 101 cm³/mol. The summed E-state index contributed by atoms with van der Waals surface area (Å²) in [5.74, 6) is -0.0608. The second-order valence-electron chi connectivity index (χ2n) is 5.50. The summed E-state index contributed by atoms with van der Waals surface area (Å²) in [6.45, 7) is 5.38. The van der Waals surface area contributed by atoms with E-state index in [1.165, 1.54) is 16.9 Å². The molecule has 5 nitrogen and oxygen atoms in total. The number of nitrogens with two attached hydrogens (primary N) is 1. The molecule has 0 saturated heterocycles. The zero-order valence-electron chi connectivity index (χ0n) is 14.0. The number of rotatable bonds is 7. The Morgan fingerprint density at radius 3 is 2.42 bits per heavy atom. The van der Waals surface area contributed by atoms with Crippen LogP contribution in [0.25, 0.3) is 0 Å². The molecule has 7 heteroatoms. The van der Waals surface area contributed by atoms with Crippen molar-refractivity contribution < 1.29 is 4.79 Å². The number of hydrogen-bond acceptors (Lipinski definition) is 4. The number of amides is 1. The SMILES string of the molecule is Cc1sc(=O)n(CC(=O)N(CCN)CCc2ccccc2)c1C.Cl. The minimum atomic E-state index is -0.0795. The van der Waals surface area contributed by atoms with Gasteiger partial charge in [0.05, 0.1) is 0 Å². The molecule has 0 saturated carbocycles. The average Bonchev–Trinajstić information content (AvgIpc) is 2.78. The maximum Gasteiger partial charge on any atom is 0.308 e. The Hall–Kier alpha value is -1.63. The third-order valence-corrected chi connectivity index (χ3v) is 4.93. The topological polar surface area (TPSA) is 68.3 Å². The molecule has 0 aliphatic rings. The van der Waals surface area contributed by atoms with Gasteiger partial charge < -0.3 is 10.6 Å². The van der Waals surface area contributed by atoms with E-state index in [0.29, 0.717) is 19.6 Å². The van der Waals surface area contributed by atoms with Crippen molar-refractivity contribution in [3.63, 3.8) is 0 Å². The van der Waals surface area contributed by atoms with Crippen molar-refractivity contribution in [1.82, 2.24) is 9.47 Å². The van der Waals surface area contributed by atoms with E-state index in [9.17, 15) is 9.59 Å². The standard InChI is InChI=1S/C17H23N3O2S.ClH/c1-13-14(2)23-17(22)20(13)12-16(21)19(11-9-18)10-8-15-6-4-3-5-7-15;/h3-7H,8-12,18H2,1-2H3;1H. The third kappa shape index (κ3) is 5.19. The fourth-order valence-electron chi connectivity index (χ4n) is 2.43. The quantitative estimate of drug-likeness (QED) is 0.811. The highest BCUT2D eigenvalue weighted by atomic mass is 35.5. The molecule has 24 heavy (non-hydrogen) atoms. The first-order valence-corrected chi connectivity index (χ1v) is 8.53. The zero-order valence-corrected chi connectivity index (χ0v) is 15.7. The van der Waals surface area contributed by atoms with Gasteiger partial charge in [-0.25, -0.2) is 0 Å². The summed E-state index contributed by atoms with van der Waals surface area (Å²) < 4.78 is 1.55. The van der Waals surface area contributed by atoms with E-state index in [1.54, 1.807) is 9.47 Å². The summed E-state index contributed by atoms with van der Waals surface area (Å²) in [6.07, 6.45) is 0.781. The van der Waals surface area contributed by atoms with Crippen LogP contribution in [0.2, 0.25) is 0 Å². The number of hydrogen-bond donors (Lipinski definition) is 1. The molecule has 1 amide bonds. The number of carbonyl (C=O) groups excluding carboxylic acids is 1. The minimum Gasteiger partial charge on any atom is -0.340 e. The van der Waals surface area contributed by atoms with Crippen LogP contribution in [0.1, 0.15) is 16.1 Å². The van der Waals surface area contributed by atoms with Crippen LogP contribution in [0.5, 0.6) is 0 Å². The van der Waals surface area contributed by atoms with E-state index < -0.39 is 0 Å². The van der Waals surface area contributed by atoms with Gasteiger partial charge in [0.25, 0.3) is 0 Å². The van der Waals surface area contributed by atoms with E-state index in [0.717, 1.165) is 17.0 Å². The van der Waals surface area contributed by atoms with Gasteiger partial charge in [-0.05, 0) is 25.8 Å². The van der Waals surface area contributed by atoms with Crippen LogP contribution < -0.4 is 10.6 Å². The number of nitrogens with zero attached hydrogens (tertiary/aromatic N) is 2. The zero-order chi connectivity index (χ0) is 16.8. The summed E-state index contributed by atoms with van der Waals surface area (Å²) in [5, 5.41) is 0. The molecule has 2 N–H and O–H groups in total. The van der Waals surface area contributed by atoms with Gasteiger partial charge in [0, 0.05) is 30.2 Å². The first-order valence-electron chi connectivity index (χ1n) is 7.71. The fourth-order valence-corrected chi connectivity index (χ4v) is 3.26. The van der Waals surface area contributed by atoms with Crippen molar-refractivity contribution in [2.45, 2.75) is 26.8 Å². The molecule has 2 aromatic rings. The third-order valence-electron chi connectivity index (χ3n) is 3.93. The minimum absolute atomic E-state index is 0. The highest BCUT2D eigenvalue weighted by Gasteiger charge is 2.17. The van der Waals surface area contributed by atoms with Gasteiger partial charge in [-0.2, -0.15) is 0 Å². The second-order valence-corrected chi connectivity index (χ2v) is 6.67. The highest BCUT2D eigenvalue weighted by Crippen LogP contribution is 2.10. The molecule has 0 spiro atoms. The van der Waals surface area contributed by atoms with Crippen molar-refractivity contribution in [2.75, 3.05) is 19.6 Å². The molecule has 0 aliphatic heterocycles. The van der Waals surface area contributed by atoms with Crippen molar-refractivity contribution in [3.8, 4) is 0 Å². The van der Waals surface area contributed by atoms with Crippen molar-refractivity contribution in [2.24, 2.45) is 5.73 Å². The molecule has 0 bridgehead atoms. The Morgan fingerprint density at radius 1 is 1.21 bits per heavy atom. The molecule has 0 aliphatic carbocycles. The first kappa shape index (κ1) is 20.4. The smallest absolute Gasteiger partial charge is 0.308 e. The van der Waals surface area contributed by atoms with E-state index in [2.05, 4.69) is 0 Å². The van der Waals surface area contributed by atoms with Crippen molar-refractivity contribution in [1.29, 1.82) is 0 Å². The second kappa shape index (κ2) is 9.61. The molecule has 0 unspecified atom stereocenters. The van der Waals surface area contributed by atoms with E-state index in [-0.39, 0.29) is 29.7 Å². The first-order chi connectivity index (χ1) is 11.0. The van der Waals surface area contributed by atoms with Gasteiger partial charge in [-0.15, -0.1) is 12.4 Å². The summed E-state index contributed by atoms with van der Waals surface area (Å²) in [6, 6.07) is 10.0. The Labute approximate surface area is 152 Å². The summed E-state index contributed by atoms with van der Waals surface area (Å²) in [5.41, 5.74) is 7.68. The van der Waals surface area contributed by atoms with Gasteiger partial charge in [-0.3, -0.25) is 14.2 Å². The van der Waals surface area contributed by atoms with Crippen molar-refractivity contribution in [3.05, 3.63) is 56.1 Å². The highest BCUT2D eigenvalue weighted by molar-refractivity contribution is 7.09. The van der Waals surface area contributed by atoms with E-state index in [1.807, 2.05) is 44.2 Å². The van der Waals surface area contributed by atoms with Gasteiger partial charge >= 0.3 is 4.87 Å². The van der Waals surface area contributed by atoms with Gasteiger partial charge in [0.1, 0.15) is 6.54 Å². The lowest BCUT2D eigenvalue weighted by Gasteiger charge is -2.22. The molecule has 132 valence electrons. The summed E-state index contributed by atoms with van der Waals surface area (Å²) >= 11 is 1.19. The number of carbonyl (C=O) groups is 1. The summed E-state index contributed by atoms with van der Waals surface area (Å²) in [4.78, 5) is 27.1. The Morgan fingerprint density at radius 2 is 1.88 bits per heavy atom. The monoisotopic (exact) mass is 369 g/mol. The number of aromatic nitrogens is 1. The van der Waals surface area contributed by atoms with Crippen LogP contribution >= 0.6 is 23.7 Å². The molecule has 2 rings (SSSR count). The number of halogens is 1. The van der Waals surface area contributed by atoms with Crippen LogP contribution in [-0.2, 0) is 17.8 Å². The molecule has 1 aromatic heterocycles. The maximum absolute atomic E-state index is 12.6. The number of thiazole rings is 1. The van der Waals surface area contributed by atoms with E-state index in [4.69, 9.17) is 5.73 Å². The molecule has 0 fully saturated rings. The van der Waals surface area contributed by atoms with Crippen LogP contribution in [0, 0.1) is 13.8 Å². The fraction of sp³-hybridized carbons (Fsp3) is 0.412. The molecule has 1 heterocycles. The molecule has 0 radical (unpaired) electrons. The molecule has 0 atom stereocenters. The van der Waals surface area contributed by atoms with Crippen molar-refractivity contribution >= 4 is 29.7 Å². The lowest BCUT2D eigenvalue weighted by atomic mass is 10.1. The van der Waals surface area contributed by atoms with Gasteiger partial charge in [-0.1, -0.05) is 41.7 Å². The Bertz CT molecular complexity index is 712. The molecular weight excluding hydrogens is 346 g/mol. The predicted octanol–water partition coefficient (Wildman–Crippen LogP) is 1.98. The Kier molecular flexibility index (Phi) is 8.18. The average molecular weight is 370 g/mol. The number of benzene rings is 1. The van der Waals surface area contributed by atoms with Crippen LogP contribution in [-0.4, -0.2) is 35.0 Å². The van der Waals surface area contributed by atoms with Gasteiger partial charge in [0.15, 0.2) is 0 Å². The lowest BCUT2D eigenvalue weighted by molar-refractivity contribution is -0.131. The summed E-state index contributed by atoms with van der Waals surface area (Å²) in [7, 11) is 0. The Balaban J connectivity index is 0.00000288. The van der Waals surface area contributed by atoms with Crippen LogP contribution in [0.3, 0.4) is 0 Å². The largest absolute Gasteiger partial charge is 0.340 e. The van der Waals surface area contributed by atoms with E-state index >= 15 is 0 Å². The normalized spacial score (nSPS) is 10.3. The maximum atomic E-state index is 12.6. The number of aryl methyl sites for hydroxylation is 1. The molecule has 1 aromatic carbocycles. The lowest BCUT2D eigenvalue weighted by Crippen LogP contribution is -2.40. The van der Waals surface area contributed by atoms with Crippen LogP contribution in [0.4, 0.5) is 0 Å². The molecular formula is C17H24ClN3O2S.